The van der Waals surface area contributed by atoms with Gasteiger partial charge < -0.3 is 5.73 Å². The van der Waals surface area contributed by atoms with E-state index in [0.29, 0.717) is 12.0 Å². The van der Waals surface area contributed by atoms with E-state index in [9.17, 15) is 8.78 Å². The second kappa shape index (κ2) is 4.92. The molecule has 0 aliphatic rings. The fourth-order valence-electron chi connectivity index (χ4n) is 1.18. The van der Waals surface area contributed by atoms with E-state index in [1.54, 1.807) is 18.2 Å². The molecule has 0 radical (unpaired) electrons. The van der Waals surface area contributed by atoms with E-state index >= 15 is 0 Å². The molecule has 72 valence electrons. The summed E-state index contributed by atoms with van der Waals surface area (Å²) in [6.07, 6.45) is 0.375. The van der Waals surface area contributed by atoms with Gasteiger partial charge in [0.05, 0.1) is 6.67 Å². The Morgan fingerprint density at radius 2 is 2.00 bits per heavy atom. The molecule has 0 heterocycles. The van der Waals surface area contributed by atoms with E-state index in [1.807, 2.05) is 0 Å². The van der Waals surface area contributed by atoms with E-state index in [0.717, 1.165) is 0 Å². The van der Waals surface area contributed by atoms with Crippen LogP contribution >= 0.6 is 0 Å². The van der Waals surface area contributed by atoms with Gasteiger partial charge in [-0.25, -0.2) is 4.39 Å². The predicted molar refractivity (Wildman–Crippen MR) is 48.6 cm³/mol. The van der Waals surface area contributed by atoms with Crippen LogP contribution in [0.15, 0.2) is 24.3 Å². The summed E-state index contributed by atoms with van der Waals surface area (Å²) in [4.78, 5) is 0. The Morgan fingerprint density at radius 3 is 2.54 bits per heavy atom. The fraction of sp³-hybridized carbons (Fsp3) is 0.400. The summed E-state index contributed by atoms with van der Waals surface area (Å²) in [5.41, 5.74) is 5.86. The number of hydrogen-bond acceptors (Lipinski definition) is 1. The summed E-state index contributed by atoms with van der Waals surface area (Å²) in [6.45, 7) is -0.240. The van der Waals surface area contributed by atoms with Crippen molar-refractivity contribution in [3.8, 4) is 0 Å². The lowest BCUT2D eigenvalue weighted by Gasteiger charge is -2.10. The van der Waals surface area contributed by atoms with E-state index in [1.165, 1.54) is 6.07 Å². The maximum absolute atomic E-state index is 13.1. The van der Waals surface area contributed by atoms with Gasteiger partial charge in [0.1, 0.15) is 5.82 Å². The highest BCUT2D eigenvalue weighted by Gasteiger charge is 2.09. The molecule has 1 rings (SSSR count). The van der Waals surface area contributed by atoms with Crippen LogP contribution in [-0.4, -0.2) is 13.2 Å². The van der Waals surface area contributed by atoms with Gasteiger partial charge in [-0.05, 0) is 24.6 Å². The molecule has 1 aromatic rings. The van der Waals surface area contributed by atoms with E-state index in [4.69, 9.17) is 5.73 Å². The lowest BCUT2D eigenvalue weighted by Crippen LogP contribution is -2.19. The molecule has 1 aromatic carbocycles. The minimum absolute atomic E-state index is 0.255. The lowest BCUT2D eigenvalue weighted by molar-refractivity contribution is 0.362. The number of nitrogens with two attached hydrogens (primary N) is 1. The van der Waals surface area contributed by atoms with Crippen LogP contribution in [0, 0.1) is 11.7 Å². The average Bonchev–Trinajstić information content (AvgIpc) is 2.17. The highest BCUT2D eigenvalue weighted by Crippen LogP contribution is 2.12. The quantitative estimate of drug-likeness (QED) is 0.761. The summed E-state index contributed by atoms with van der Waals surface area (Å²) >= 11 is 0. The molecule has 3 heteroatoms. The first-order chi connectivity index (χ1) is 6.27. The molecule has 0 aliphatic carbocycles. The summed E-state index contributed by atoms with van der Waals surface area (Å²) in [5.74, 6) is -0.550. The number of alkyl halides is 1. The Morgan fingerprint density at radius 1 is 1.31 bits per heavy atom. The predicted octanol–water partition coefficient (Wildman–Crippen LogP) is 1.91. The van der Waals surface area contributed by atoms with Gasteiger partial charge in [-0.15, -0.1) is 0 Å². The van der Waals surface area contributed by atoms with E-state index < -0.39 is 6.67 Å². The molecule has 0 aliphatic heterocycles. The van der Waals surface area contributed by atoms with Gasteiger partial charge in [-0.1, -0.05) is 18.2 Å². The molecule has 0 aromatic heterocycles. The fourth-order valence-corrected chi connectivity index (χ4v) is 1.18. The van der Waals surface area contributed by atoms with Gasteiger partial charge in [0, 0.05) is 5.92 Å². The van der Waals surface area contributed by atoms with Crippen molar-refractivity contribution in [3.63, 3.8) is 0 Å². The van der Waals surface area contributed by atoms with Crippen LogP contribution in [0.2, 0.25) is 0 Å². The zero-order chi connectivity index (χ0) is 9.68. The molecule has 0 amide bonds. The van der Waals surface area contributed by atoms with Crippen LogP contribution in [0.1, 0.15) is 5.56 Å². The minimum Gasteiger partial charge on any atom is -0.330 e. The van der Waals surface area contributed by atoms with Crippen LogP contribution in [-0.2, 0) is 6.42 Å². The Hall–Kier alpha value is -0.960. The first kappa shape index (κ1) is 10.1. The van der Waals surface area contributed by atoms with Crippen molar-refractivity contribution in [2.75, 3.05) is 13.2 Å². The molecule has 1 atom stereocenters. The number of benzene rings is 1. The molecular formula is C10H13F2N. The van der Waals surface area contributed by atoms with Crippen LogP contribution in [0.3, 0.4) is 0 Å². The molecular weight excluding hydrogens is 172 g/mol. The molecule has 13 heavy (non-hydrogen) atoms. The van der Waals surface area contributed by atoms with Crippen LogP contribution in [0.5, 0.6) is 0 Å². The zero-order valence-corrected chi connectivity index (χ0v) is 7.34. The van der Waals surface area contributed by atoms with Crippen molar-refractivity contribution in [1.29, 1.82) is 0 Å². The molecule has 0 spiro atoms. The summed E-state index contributed by atoms with van der Waals surface area (Å²) < 4.78 is 25.3. The third-order valence-corrected chi connectivity index (χ3v) is 2.02. The Kier molecular flexibility index (Phi) is 3.83. The Labute approximate surface area is 76.6 Å². The molecule has 1 nitrogen and oxygen atoms in total. The maximum Gasteiger partial charge on any atom is 0.126 e. The Balaban J connectivity index is 2.67. The Bertz CT molecular complexity index is 259. The second-order valence-electron chi connectivity index (χ2n) is 3.05. The molecule has 2 N–H and O–H groups in total. The first-order valence-corrected chi connectivity index (χ1v) is 4.27. The third kappa shape index (κ3) is 2.77. The number of rotatable bonds is 4. The van der Waals surface area contributed by atoms with Crippen molar-refractivity contribution in [2.45, 2.75) is 6.42 Å². The standard InChI is InChI=1S/C10H13F2N/c11-6-8(7-13)5-9-3-1-2-4-10(9)12/h1-4,8H,5-7,13H2. The van der Waals surface area contributed by atoms with Gasteiger partial charge >= 0.3 is 0 Å². The van der Waals surface area contributed by atoms with Crippen LogP contribution < -0.4 is 5.73 Å². The lowest BCUT2D eigenvalue weighted by atomic mass is 10.0. The number of halogens is 2. The van der Waals surface area contributed by atoms with Gasteiger partial charge in [-0.2, -0.15) is 0 Å². The average molecular weight is 185 g/mol. The maximum atomic E-state index is 13.1. The van der Waals surface area contributed by atoms with Crippen molar-refractivity contribution in [2.24, 2.45) is 11.7 Å². The highest BCUT2D eigenvalue weighted by atomic mass is 19.1. The monoisotopic (exact) mass is 185 g/mol. The van der Waals surface area contributed by atoms with Crippen LogP contribution in [0.4, 0.5) is 8.78 Å². The highest BCUT2D eigenvalue weighted by molar-refractivity contribution is 5.17. The van der Waals surface area contributed by atoms with Crippen molar-refractivity contribution < 1.29 is 8.78 Å². The normalized spacial score (nSPS) is 12.8. The second-order valence-corrected chi connectivity index (χ2v) is 3.05. The smallest absolute Gasteiger partial charge is 0.126 e. The summed E-state index contributed by atoms with van der Waals surface area (Å²) in [6, 6.07) is 6.39. The zero-order valence-electron chi connectivity index (χ0n) is 7.34. The van der Waals surface area contributed by atoms with Crippen molar-refractivity contribution in [3.05, 3.63) is 35.6 Å². The molecule has 0 fully saturated rings. The van der Waals surface area contributed by atoms with Crippen molar-refractivity contribution in [1.82, 2.24) is 0 Å². The van der Waals surface area contributed by atoms with Gasteiger partial charge in [0.2, 0.25) is 0 Å². The van der Waals surface area contributed by atoms with Gasteiger partial charge in [-0.3, -0.25) is 4.39 Å². The molecule has 1 unspecified atom stereocenters. The largest absolute Gasteiger partial charge is 0.330 e. The minimum atomic E-state index is -0.495. The van der Waals surface area contributed by atoms with E-state index in [-0.39, 0.29) is 18.3 Å². The van der Waals surface area contributed by atoms with Crippen LogP contribution in [0.25, 0.3) is 0 Å². The number of hydrogen-bond donors (Lipinski definition) is 1. The molecule has 0 bridgehead atoms. The van der Waals surface area contributed by atoms with Crippen molar-refractivity contribution >= 4 is 0 Å². The van der Waals surface area contributed by atoms with E-state index in [2.05, 4.69) is 0 Å². The SMILES string of the molecule is NCC(CF)Cc1ccccc1F. The third-order valence-electron chi connectivity index (χ3n) is 2.02. The van der Waals surface area contributed by atoms with Gasteiger partial charge in [0.25, 0.3) is 0 Å². The van der Waals surface area contributed by atoms with Gasteiger partial charge in [0.15, 0.2) is 0 Å². The summed E-state index contributed by atoms with van der Waals surface area (Å²) in [7, 11) is 0. The molecule has 0 saturated carbocycles. The topological polar surface area (TPSA) is 26.0 Å². The summed E-state index contributed by atoms with van der Waals surface area (Å²) in [5, 5.41) is 0. The first-order valence-electron chi connectivity index (χ1n) is 4.27. The molecule has 0 saturated heterocycles.